The Morgan fingerprint density at radius 2 is 1.84 bits per heavy atom. The normalized spacial score (nSPS) is 24.3. The standard InChI is InChI=1S/C23H24ClFN6O/c1-31-12-28-20(21(31)22(32)29-16-3-4-19(25)18(24)11-16)15-7-13-9-17(10-14(13)8-15)30-23-26-5-2-6-27-23/h2-6,11-15,17H,7-10H2,1H3,(H,29,32)(H,26,27,30). The third-order valence-corrected chi connectivity index (χ3v) is 6.95. The SMILES string of the molecule is Cn1cnc(C2CC3CC(Nc4ncccn4)CC3C2)c1C(=O)Nc1ccc(F)c(Cl)c1. The van der Waals surface area contributed by atoms with Crippen LogP contribution < -0.4 is 10.6 Å². The Morgan fingerprint density at radius 1 is 1.12 bits per heavy atom. The summed E-state index contributed by atoms with van der Waals surface area (Å²) >= 11 is 5.85. The molecular weight excluding hydrogens is 431 g/mol. The van der Waals surface area contributed by atoms with Gasteiger partial charge in [0.1, 0.15) is 11.5 Å². The van der Waals surface area contributed by atoms with Gasteiger partial charge in [0.15, 0.2) is 0 Å². The van der Waals surface area contributed by atoms with E-state index in [1.807, 2.05) is 13.1 Å². The Kier molecular flexibility index (Phi) is 5.55. The second-order valence-electron chi connectivity index (χ2n) is 8.75. The summed E-state index contributed by atoms with van der Waals surface area (Å²) in [6.45, 7) is 0. The number of benzene rings is 1. The predicted octanol–water partition coefficient (Wildman–Crippen LogP) is 4.64. The van der Waals surface area contributed by atoms with Crippen LogP contribution in [0.4, 0.5) is 16.0 Å². The van der Waals surface area contributed by atoms with Gasteiger partial charge in [0.25, 0.3) is 5.91 Å². The van der Waals surface area contributed by atoms with Gasteiger partial charge in [0.2, 0.25) is 5.95 Å². The minimum atomic E-state index is -0.519. The molecule has 2 heterocycles. The van der Waals surface area contributed by atoms with Crippen LogP contribution in [0.5, 0.6) is 0 Å². The number of hydrogen-bond acceptors (Lipinski definition) is 5. The van der Waals surface area contributed by atoms with Gasteiger partial charge < -0.3 is 15.2 Å². The summed E-state index contributed by atoms with van der Waals surface area (Å²) in [5, 5.41) is 6.25. The third kappa shape index (κ3) is 4.07. The predicted molar refractivity (Wildman–Crippen MR) is 120 cm³/mol. The highest BCUT2D eigenvalue weighted by Crippen LogP contribution is 2.51. The molecule has 2 aliphatic rings. The molecule has 2 atom stereocenters. The fraction of sp³-hybridized carbons (Fsp3) is 0.391. The number of halogens is 2. The molecule has 7 nitrogen and oxygen atoms in total. The Morgan fingerprint density at radius 3 is 2.53 bits per heavy atom. The van der Waals surface area contributed by atoms with Gasteiger partial charge in [-0.05, 0) is 61.8 Å². The highest BCUT2D eigenvalue weighted by atomic mass is 35.5. The van der Waals surface area contributed by atoms with Crippen molar-refractivity contribution in [2.75, 3.05) is 10.6 Å². The van der Waals surface area contributed by atoms with E-state index in [1.165, 1.54) is 18.2 Å². The number of anilines is 2. The lowest BCUT2D eigenvalue weighted by molar-refractivity contribution is 0.101. The fourth-order valence-corrected chi connectivity index (χ4v) is 5.48. The molecule has 2 saturated carbocycles. The molecule has 1 amide bonds. The Labute approximate surface area is 190 Å². The van der Waals surface area contributed by atoms with Gasteiger partial charge in [0.05, 0.1) is 17.0 Å². The molecule has 5 rings (SSSR count). The Balaban J connectivity index is 1.26. The number of imidazole rings is 1. The molecule has 2 aromatic heterocycles. The average molecular weight is 455 g/mol. The van der Waals surface area contributed by atoms with Crippen LogP contribution in [0.25, 0.3) is 0 Å². The molecule has 0 spiro atoms. The second kappa shape index (κ2) is 8.50. The molecule has 1 aromatic carbocycles. The molecule has 9 heteroatoms. The smallest absolute Gasteiger partial charge is 0.274 e. The summed E-state index contributed by atoms with van der Waals surface area (Å²) in [5.41, 5.74) is 1.83. The highest BCUT2D eigenvalue weighted by Gasteiger charge is 2.44. The van der Waals surface area contributed by atoms with Gasteiger partial charge >= 0.3 is 0 Å². The number of carbonyl (C=O) groups excluding carboxylic acids is 1. The first kappa shape index (κ1) is 20.9. The van der Waals surface area contributed by atoms with Crippen molar-refractivity contribution in [1.82, 2.24) is 19.5 Å². The molecule has 2 unspecified atom stereocenters. The number of carbonyl (C=O) groups is 1. The molecule has 2 aliphatic carbocycles. The summed E-state index contributed by atoms with van der Waals surface area (Å²) in [7, 11) is 1.82. The van der Waals surface area contributed by atoms with E-state index in [4.69, 9.17) is 11.6 Å². The number of aryl methyl sites for hydroxylation is 1. The zero-order chi connectivity index (χ0) is 22.2. The van der Waals surface area contributed by atoms with Crippen molar-refractivity contribution >= 4 is 29.1 Å². The van der Waals surface area contributed by atoms with Gasteiger partial charge in [-0.3, -0.25) is 4.79 Å². The van der Waals surface area contributed by atoms with Crippen molar-refractivity contribution < 1.29 is 9.18 Å². The summed E-state index contributed by atoms with van der Waals surface area (Å²) in [5.74, 6) is 1.33. The highest BCUT2D eigenvalue weighted by molar-refractivity contribution is 6.31. The van der Waals surface area contributed by atoms with Gasteiger partial charge in [-0.2, -0.15) is 0 Å². The van der Waals surface area contributed by atoms with Crippen LogP contribution in [0.1, 0.15) is 47.8 Å². The van der Waals surface area contributed by atoms with Crippen LogP contribution in [0, 0.1) is 17.7 Å². The minimum Gasteiger partial charge on any atom is -0.351 e. The first-order valence-corrected chi connectivity index (χ1v) is 11.2. The van der Waals surface area contributed by atoms with Gasteiger partial charge in [-0.25, -0.2) is 19.3 Å². The van der Waals surface area contributed by atoms with Crippen LogP contribution in [-0.2, 0) is 7.05 Å². The average Bonchev–Trinajstić information content (AvgIpc) is 3.44. The van der Waals surface area contributed by atoms with Crippen molar-refractivity contribution in [3.05, 3.63) is 65.2 Å². The molecule has 32 heavy (non-hydrogen) atoms. The number of fused-ring (bicyclic) bond motifs is 1. The fourth-order valence-electron chi connectivity index (χ4n) is 5.30. The van der Waals surface area contributed by atoms with E-state index in [0.29, 0.717) is 35.2 Å². The van der Waals surface area contributed by atoms with Crippen molar-refractivity contribution in [2.45, 2.75) is 37.6 Å². The molecule has 0 bridgehead atoms. The van der Waals surface area contributed by atoms with Crippen LogP contribution >= 0.6 is 11.6 Å². The molecule has 2 fully saturated rings. The summed E-state index contributed by atoms with van der Waals surface area (Å²) in [6.07, 6.45) is 9.34. The lowest BCUT2D eigenvalue weighted by Gasteiger charge is -2.16. The summed E-state index contributed by atoms with van der Waals surface area (Å²) < 4.78 is 15.2. The number of hydrogen-bond donors (Lipinski definition) is 2. The van der Waals surface area contributed by atoms with E-state index in [1.54, 1.807) is 23.3 Å². The monoisotopic (exact) mass is 454 g/mol. The minimum absolute atomic E-state index is 0.0271. The Bertz CT molecular complexity index is 1120. The number of nitrogens with one attached hydrogen (secondary N) is 2. The zero-order valence-electron chi connectivity index (χ0n) is 17.6. The summed E-state index contributed by atoms with van der Waals surface area (Å²) in [4.78, 5) is 26.2. The second-order valence-corrected chi connectivity index (χ2v) is 9.15. The Hall–Kier alpha value is -3.00. The molecule has 0 aliphatic heterocycles. The van der Waals surface area contributed by atoms with Gasteiger partial charge in [-0.1, -0.05) is 11.6 Å². The van der Waals surface area contributed by atoms with Crippen LogP contribution in [0.2, 0.25) is 5.02 Å². The maximum atomic E-state index is 13.4. The van der Waals surface area contributed by atoms with E-state index in [-0.39, 0.29) is 16.8 Å². The maximum Gasteiger partial charge on any atom is 0.274 e. The van der Waals surface area contributed by atoms with E-state index >= 15 is 0 Å². The first-order chi connectivity index (χ1) is 15.5. The van der Waals surface area contributed by atoms with Gasteiger partial charge in [0, 0.05) is 37.1 Å². The lowest BCUT2D eigenvalue weighted by Crippen LogP contribution is -2.20. The van der Waals surface area contributed by atoms with E-state index < -0.39 is 5.82 Å². The lowest BCUT2D eigenvalue weighted by atomic mass is 9.97. The molecule has 0 saturated heterocycles. The molecule has 3 aromatic rings. The molecule has 0 radical (unpaired) electrons. The van der Waals surface area contributed by atoms with Gasteiger partial charge in [-0.15, -0.1) is 0 Å². The van der Waals surface area contributed by atoms with Crippen molar-refractivity contribution in [2.24, 2.45) is 18.9 Å². The number of amides is 1. The first-order valence-electron chi connectivity index (χ1n) is 10.8. The molecular formula is C23H24ClFN6O. The number of nitrogens with zero attached hydrogens (tertiary/aromatic N) is 4. The van der Waals surface area contributed by atoms with E-state index in [2.05, 4.69) is 25.6 Å². The zero-order valence-corrected chi connectivity index (χ0v) is 18.4. The largest absolute Gasteiger partial charge is 0.351 e. The third-order valence-electron chi connectivity index (χ3n) is 6.66. The van der Waals surface area contributed by atoms with Crippen molar-refractivity contribution in [3.8, 4) is 0 Å². The topological polar surface area (TPSA) is 84.7 Å². The van der Waals surface area contributed by atoms with Crippen LogP contribution in [-0.4, -0.2) is 31.5 Å². The van der Waals surface area contributed by atoms with E-state index in [9.17, 15) is 9.18 Å². The van der Waals surface area contributed by atoms with Crippen LogP contribution in [0.3, 0.4) is 0 Å². The number of rotatable bonds is 5. The van der Waals surface area contributed by atoms with Crippen molar-refractivity contribution in [3.63, 3.8) is 0 Å². The number of aromatic nitrogens is 4. The summed E-state index contributed by atoms with van der Waals surface area (Å²) in [6, 6.07) is 6.34. The van der Waals surface area contributed by atoms with Crippen LogP contribution in [0.15, 0.2) is 43.0 Å². The molecule has 166 valence electrons. The van der Waals surface area contributed by atoms with E-state index in [0.717, 1.165) is 31.4 Å². The van der Waals surface area contributed by atoms with Crippen molar-refractivity contribution in [1.29, 1.82) is 0 Å². The maximum absolute atomic E-state index is 13.4. The quantitative estimate of drug-likeness (QED) is 0.586. The molecule has 2 N–H and O–H groups in total.